The summed E-state index contributed by atoms with van der Waals surface area (Å²) in [5.74, 6) is 0. The van der Waals surface area contributed by atoms with Gasteiger partial charge in [0.15, 0.2) is 0 Å². The Morgan fingerprint density at radius 1 is 0.309 bits per heavy atom. The fraction of sp³-hybridized carbons (Fsp3) is 0. The molecule has 2 heterocycles. The van der Waals surface area contributed by atoms with Crippen LogP contribution in [0.1, 0.15) is 0 Å². The minimum atomic E-state index is 0.897. The molecule has 0 saturated heterocycles. The maximum absolute atomic E-state index is 6.52. The van der Waals surface area contributed by atoms with Crippen LogP contribution in [0, 0.1) is 0 Å². The van der Waals surface area contributed by atoms with E-state index in [2.05, 4.69) is 187 Å². The Kier molecular flexibility index (Phi) is 7.17. The lowest BCUT2D eigenvalue weighted by atomic mass is 9.95. The molecule has 3 heteroatoms. The molecule has 0 aliphatic rings. The van der Waals surface area contributed by atoms with Crippen molar-refractivity contribution in [2.75, 3.05) is 4.90 Å². The summed E-state index contributed by atoms with van der Waals surface area (Å²) in [4.78, 5) is 2.34. The lowest BCUT2D eigenvalue weighted by molar-refractivity contribution is 0.670. The van der Waals surface area contributed by atoms with Crippen LogP contribution in [-0.4, -0.2) is 0 Å². The molecule has 55 heavy (non-hydrogen) atoms. The average Bonchev–Trinajstić information content (AvgIpc) is 3.84. The van der Waals surface area contributed by atoms with Crippen molar-refractivity contribution in [2.45, 2.75) is 0 Å². The molecule has 0 aliphatic heterocycles. The third kappa shape index (κ3) is 5.20. The Labute approximate surface area is 317 Å². The second-order valence-electron chi connectivity index (χ2n) is 14.1. The SMILES string of the molecule is c1ccc(-c2ccc(N(c3ccc(-c4cc5ccccc5c5oc6ccccc6c45)cc3)c3cccc(-c4cccc5c4oc4ccccc45)c3)cc2)cc1. The highest BCUT2D eigenvalue weighted by Gasteiger charge is 2.19. The van der Waals surface area contributed by atoms with Crippen molar-refractivity contribution < 1.29 is 8.83 Å². The monoisotopic (exact) mass is 703 g/mol. The Morgan fingerprint density at radius 3 is 1.65 bits per heavy atom. The zero-order chi connectivity index (χ0) is 36.3. The third-order valence-corrected chi connectivity index (χ3v) is 10.9. The summed E-state index contributed by atoms with van der Waals surface area (Å²) in [5, 5.41) is 6.79. The molecule has 11 aromatic rings. The van der Waals surface area contributed by atoms with Gasteiger partial charge in [-0.15, -0.1) is 0 Å². The normalized spacial score (nSPS) is 11.6. The molecule has 0 saturated carbocycles. The van der Waals surface area contributed by atoms with Gasteiger partial charge in [0.25, 0.3) is 0 Å². The number of anilines is 3. The van der Waals surface area contributed by atoms with E-state index in [9.17, 15) is 0 Å². The summed E-state index contributed by atoms with van der Waals surface area (Å²) < 4.78 is 13.0. The molecule has 0 N–H and O–H groups in total. The summed E-state index contributed by atoms with van der Waals surface area (Å²) in [7, 11) is 0. The number of hydrogen-bond donors (Lipinski definition) is 0. The highest BCUT2D eigenvalue weighted by molar-refractivity contribution is 6.21. The maximum Gasteiger partial charge on any atom is 0.143 e. The Hall–Kier alpha value is -7.36. The first-order chi connectivity index (χ1) is 27.3. The van der Waals surface area contributed by atoms with Crippen LogP contribution < -0.4 is 4.90 Å². The molecule has 258 valence electrons. The smallest absolute Gasteiger partial charge is 0.143 e. The number of hydrogen-bond acceptors (Lipinski definition) is 3. The molecule has 3 nitrogen and oxygen atoms in total. The fourth-order valence-corrected chi connectivity index (χ4v) is 8.25. The van der Waals surface area contributed by atoms with Crippen LogP contribution in [0.5, 0.6) is 0 Å². The van der Waals surface area contributed by atoms with Gasteiger partial charge >= 0.3 is 0 Å². The maximum atomic E-state index is 6.52. The van der Waals surface area contributed by atoms with Crippen LogP contribution >= 0.6 is 0 Å². The van der Waals surface area contributed by atoms with Gasteiger partial charge in [0.1, 0.15) is 22.3 Å². The molecule has 0 fully saturated rings. The van der Waals surface area contributed by atoms with Crippen molar-refractivity contribution in [3.05, 3.63) is 200 Å². The summed E-state index contributed by atoms with van der Waals surface area (Å²) in [6, 6.07) is 70.9. The first-order valence-electron chi connectivity index (χ1n) is 18.7. The molecule has 0 radical (unpaired) electrons. The van der Waals surface area contributed by atoms with Crippen molar-refractivity contribution in [1.29, 1.82) is 0 Å². The molecule has 0 spiro atoms. The average molecular weight is 704 g/mol. The van der Waals surface area contributed by atoms with Gasteiger partial charge in [-0.1, -0.05) is 146 Å². The van der Waals surface area contributed by atoms with E-state index in [-0.39, 0.29) is 0 Å². The van der Waals surface area contributed by atoms with E-state index in [0.29, 0.717) is 0 Å². The zero-order valence-corrected chi connectivity index (χ0v) is 29.8. The molecule has 9 aromatic carbocycles. The van der Waals surface area contributed by atoms with E-state index in [0.717, 1.165) is 94.0 Å². The van der Waals surface area contributed by atoms with Crippen LogP contribution in [0.4, 0.5) is 17.1 Å². The molecule has 0 unspecified atom stereocenters. The van der Waals surface area contributed by atoms with Crippen molar-refractivity contribution in [3.63, 3.8) is 0 Å². The standard InChI is InChI=1S/C52H33NO2/c1-2-12-34(13-3-1)35-24-28-39(29-25-35)53(41-16-10-15-37(32-41)42-20-11-21-45-44-18-6-8-22-48(44)54-51(42)45)40-30-26-36(27-31-40)47-33-38-14-4-5-17-43(38)52-50(47)46-19-7-9-23-49(46)55-52/h1-33H. The predicted octanol–water partition coefficient (Wildman–Crippen LogP) is 15.1. The topological polar surface area (TPSA) is 29.5 Å². The van der Waals surface area contributed by atoms with E-state index in [1.807, 2.05) is 18.2 Å². The first-order valence-corrected chi connectivity index (χ1v) is 18.7. The number of furan rings is 2. The Bertz CT molecular complexity index is 3190. The highest BCUT2D eigenvalue weighted by Crippen LogP contribution is 2.44. The number of benzene rings is 9. The number of rotatable bonds is 6. The second kappa shape index (κ2) is 12.6. The fourth-order valence-electron chi connectivity index (χ4n) is 8.25. The molecule has 0 bridgehead atoms. The van der Waals surface area contributed by atoms with E-state index >= 15 is 0 Å². The lowest BCUT2D eigenvalue weighted by Crippen LogP contribution is -2.10. The molecule has 0 amide bonds. The van der Waals surface area contributed by atoms with Crippen LogP contribution in [0.25, 0.3) is 88.0 Å². The first kappa shape index (κ1) is 31.2. The highest BCUT2D eigenvalue weighted by atomic mass is 16.3. The number of fused-ring (bicyclic) bond motifs is 8. The minimum Gasteiger partial charge on any atom is -0.455 e. The molecular formula is C52H33NO2. The quantitative estimate of drug-likeness (QED) is 0.173. The van der Waals surface area contributed by atoms with Crippen LogP contribution in [0.15, 0.2) is 209 Å². The molecular weight excluding hydrogens is 671 g/mol. The van der Waals surface area contributed by atoms with Gasteiger partial charge in [-0.2, -0.15) is 0 Å². The van der Waals surface area contributed by atoms with Crippen LogP contribution in [-0.2, 0) is 0 Å². The third-order valence-electron chi connectivity index (χ3n) is 10.9. The van der Waals surface area contributed by atoms with E-state index in [4.69, 9.17) is 8.83 Å². The second-order valence-corrected chi connectivity index (χ2v) is 14.1. The van der Waals surface area contributed by atoms with Gasteiger partial charge in [-0.3, -0.25) is 0 Å². The van der Waals surface area contributed by atoms with Crippen molar-refractivity contribution in [2.24, 2.45) is 0 Å². The minimum absolute atomic E-state index is 0.897. The molecule has 0 atom stereocenters. The summed E-state index contributed by atoms with van der Waals surface area (Å²) in [5.41, 5.74) is 13.6. The number of nitrogens with zero attached hydrogens (tertiary/aromatic N) is 1. The summed E-state index contributed by atoms with van der Waals surface area (Å²) in [6.45, 7) is 0. The van der Waals surface area contributed by atoms with E-state index in [1.54, 1.807) is 0 Å². The molecule has 0 aliphatic carbocycles. The van der Waals surface area contributed by atoms with Gasteiger partial charge in [0.2, 0.25) is 0 Å². The van der Waals surface area contributed by atoms with Crippen molar-refractivity contribution in [1.82, 2.24) is 0 Å². The molecule has 11 rings (SSSR count). The van der Waals surface area contributed by atoms with E-state index < -0.39 is 0 Å². The predicted molar refractivity (Wildman–Crippen MR) is 229 cm³/mol. The van der Waals surface area contributed by atoms with Crippen LogP contribution in [0.3, 0.4) is 0 Å². The number of para-hydroxylation sites is 3. The van der Waals surface area contributed by atoms with E-state index in [1.165, 1.54) is 11.1 Å². The summed E-state index contributed by atoms with van der Waals surface area (Å²) in [6.07, 6.45) is 0. The van der Waals surface area contributed by atoms with Crippen LogP contribution in [0.2, 0.25) is 0 Å². The van der Waals surface area contributed by atoms with Crippen molar-refractivity contribution >= 4 is 71.7 Å². The van der Waals surface area contributed by atoms with Gasteiger partial charge < -0.3 is 13.7 Å². The Balaban J connectivity index is 1.06. The zero-order valence-electron chi connectivity index (χ0n) is 29.8. The van der Waals surface area contributed by atoms with Gasteiger partial charge in [0.05, 0.1) is 0 Å². The molecule has 2 aromatic heterocycles. The summed E-state index contributed by atoms with van der Waals surface area (Å²) >= 11 is 0. The Morgan fingerprint density at radius 2 is 0.873 bits per heavy atom. The lowest BCUT2D eigenvalue weighted by Gasteiger charge is -2.26. The van der Waals surface area contributed by atoms with Gasteiger partial charge in [-0.05, 0) is 87.8 Å². The largest absolute Gasteiger partial charge is 0.455 e. The van der Waals surface area contributed by atoms with Gasteiger partial charge in [-0.25, -0.2) is 0 Å². The van der Waals surface area contributed by atoms with Gasteiger partial charge in [0, 0.05) is 49.6 Å². The van der Waals surface area contributed by atoms with Crippen molar-refractivity contribution in [3.8, 4) is 33.4 Å².